The minimum atomic E-state index is 0.550. The molecule has 11 aromatic rings. The molecule has 0 aliphatic carbocycles. The molecule has 0 saturated carbocycles. The molecular formula is C82H110N8O6S8. The maximum atomic E-state index is 7.26. The zero-order chi connectivity index (χ0) is 71.9. The van der Waals surface area contributed by atoms with Crippen LogP contribution in [-0.4, -0.2) is 77.1 Å². The van der Waals surface area contributed by atoms with Crippen LogP contribution in [0.25, 0.3) is 104 Å². The molecule has 0 fully saturated rings. The van der Waals surface area contributed by atoms with E-state index in [1.807, 2.05) is 35.5 Å². The number of fused-ring (bicyclic) bond motifs is 4. The Hall–Kier alpha value is -5.46. The van der Waals surface area contributed by atoms with Crippen LogP contribution in [0.3, 0.4) is 0 Å². The summed E-state index contributed by atoms with van der Waals surface area (Å²) in [6.45, 7) is 17.1. The van der Waals surface area contributed by atoms with E-state index in [-0.39, 0.29) is 0 Å². The Morgan fingerprint density at radius 1 is 0.269 bits per heavy atom. The molecule has 0 atom stereocenters. The van der Waals surface area contributed by atoms with Gasteiger partial charge in [0.2, 0.25) is 0 Å². The predicted molar refractivity (Wildman–Crippen MR) is 448 cm³/mol. The molecular weight excluding hydrogens is 1450 g/mol. The molecule has 0 aliphatic rings. The molecule has 104 heavy (non-hydrogen) atoms. The molecule has 8 aromatic heterocycles. The van der Waals surface area contributed by atoms with Crippen molar-refractivity contribution in [2.75, 3.05) is 39.6 Å². The van der Waals surface area contributed by atoms with E-state index < -0.39 is 0 Å². The lowest BCUT2D eigenvalue weighted by atomic mass is 10.1. The normalized spacial score (nSPS) is 11.8. The molecule has 0 aliphatic heterocycles. The van der Waals surface area contributed by atoms with Gasteiger partial charge in [-0.2, -0.15) is 17.5 Å². The second-order valence-corrected chi connectivity index (χ2v) is 34.5. The van der Waals surface area contributed by atoms with Gasteiger partial charge in [0, 0.05) is 56.1 Å². The van der Waals surface area contributed by atoms with Gasteiger partial charge in [0.1, 0.15) is 53.6 Å². The summed E-state index contributed by atoms with van der Waals surface area (Å²) in [6, 6.07) is 4.68. The van der Waals surface area contributed by atoms with Crippen molar-refractivity contribution >= 4 is 134 Å². The lowest BCUT2D eigenvalue weighted by molar-refractivity contribution is 0.260. The van der Waals surface area contributed by atoms with Crippen LogP contribution in [0.15, 0.2) is 47.7 Å². The number of hydrogen-bond acceptors (Lipinski definition) is 22. The Labute approximate surface area is 650 Å². The van der Waals surface area contributed by atoms with Crippen molar-refractivity contribution in [2.24, 2.45) is 0 Å². The largest absolute Gasteiger partial charge is 0.491 e. The highest BCUT2D eigenvalue weighted by molar-refractivity contribution is 7.29. The first-order valence-electron chi connectivity index (χ1n) is 39.7. The van der Waals surface area contributed by atoms with Crippen LogP contribution in [0.1, 0.15) is 273 Å². The first-order valence-corrected chi connectivity index (χ1v) is 46.1. The second kappa shape index (κ2) is 43.5. The first-order chi connectivity index (χ1) is 51.5. The van der Waals surface area contributed by atoms with Crippen molar-refractivity contribution in [3.8, 4) is 96.3 Å². The fourth-order valence-corrected chi connectivity index (χ4v) is 20.4. The molecule has 14 nitrogen and oxygen atoms in total. The molecule has 22 heteroatoms. The van der Waals surface area contributed by atoms with Gasteiger partial charge in [-0.15, -0.1) is 68.0 Å². The Bertz CT molecular complexity index is 3960. The molecule has 0 bridgehead atoms. The summed E-state index contributed by atoms with van der Waals surface area (Å²) in [5, 5.41) is 9.46. The lowest BCUT2D eigenvalue weighted by Crippen LogP contribution is -2.06. The number of unbranched alkanes of at least 4 members (excludes halogenated alkanes) is 30. The summed E-state index contributed by atoms with van der Waals surface area (Å²) in [6.07, 6.45) is 49.6. The van der Waals surface area contributed by atoms with Crippen LogP contribution in [-0.2, 0) is 0 Å². The number of nitrogens with zero attached hydrogens (tertiary/aromatic N) is 8. The van der Waals surface area contributed by atoms with Crippen molar-refractivity contribution in [3.05, 3.63) is 47.7 Å². The van der Waals surface area contributed by atoms with Crippen LogP contribution in [0.4, 0.5) is 0 Å². The number of thiophene rings is 2. The number of benzene rings is 3. The fraction of sp³-hybridized carbons (Fsp3) is 0.585. The Kier molecular flexibility index (Phi) is 33.3. The van der Waals surface area contributed by atoms with Crippen molar-refractivity contribution in [1.82, 2.24) is 37.4 Å². The average molecular weight is 1560 g/mol. The third-order valence-electron chi connectivity index (χ3n) is 19.3. The van der Waals surface area contributed by atoms with Gasteiger partial charge in [0.25, 0.3) is 0 Å². The average Bonchev–Trinajstić information content (AvgIpc) is 1.56. The van der Waals surface area contributed by atoms with Gasteiger partial charge in [0.15, 0.2) is 23.0 Å². The summed E-state index contributed by atoms with van der Waals surface area (Å²) >= 11 is 12.5. The quantitative estimate of drug-likeness (QED) is 0.0332. The third kappa shape index (κ3) is 21.1. The Morgan fingerprint density at radius 3 is 0.798 bits per heavy atom. The first kappa shape index (κ1) is 79.6. The standard InChI is InChI=1S/C82H110N8O6S8/c1-7-13-19-25-31-37-45-91-71-57-53-59(61-55-85-81(101-61)65-69-67(87-103-89-69)63(79-83-43-51-97-79)73(93-47-39-33-27-21-15-9-3)75(65)95-49-41-35-29-23-17-11-5)100-78(57)72(92-46-38-32-26-20-14-8-2)58-54-60(99-77(58)71)62-56-86-82(102-62)66-70-68(88-104-90-70)64(80-84-44-52-98-80)74(94-48-40-34-28-22-16-10-4)76(66)96-50-42-36-30-24-18-12-6/h43-44,51-56H,7-42,45-50H2,1-6H3. The van der Waals surface area contributed by atoms with Crippen molar-refractivity contribution < 1.29 is 28.4 Å². The van der Waals surface area contributed by atoms with Crippen LogP contribution in [0.2, 0.25) is 0 Å². The number of hydrogen-bond donors (Lipinski definition) is 0. The van der Waals surface area contributed by atoms with Crippen LogP contribution in [0, 0.1) is 0 Å². The molecule has 0 spiro atoms. The topological polar surface area (TPSA) is 158 Å². The minimum absolute atomic E-state index is 0.550. The molecule has 0 amide bonds. The van der Waals surface area contributed by atoms with Gasteiger partial charge in [0.05, 0.1) is 105 Å². The van der Waals surface area contributed by atoms with Gasteiger partial charge >= 0.3 is 0 Å². The van der Waals surface area contributed by atoms with E-state index in [1.54, 1.807) is 68.0 Å². The van der Waals surface area contributed by atoms with E-state index in [4.69, 9.17) is 65.9 Å². The van der Waals surface area contributed by atoms with E-state index >= 15 is 0 Å². The van der Waals surface area contributed by atoms with Crippen molar-refractivity contribution in [2.45, 2.75) is 273 Å². The zero-order valence-electron chi connectivity index (χ0n) is 62.6. The third-order valence-corrected chi connectivity index (χ3v) is 26.6. The number of thiazole rings is 4. The molecule has 8 heterocycles. The van der Waals surface area contributed by atoms with Crippen LogP contribution in [0.5, 0.6) is 34.5 Å². The summed E-state index contributed by atoms with van der Waals surface area (Å²) in [5.41, 5.74) is 6.41. The molecule has 0 unspecified atom stereocenters. The zero-order valence-corrected chi connectivity index (χ0v) is 69.1. The molecule has 0 saturated heterocycles. The van der Waals surface area contributed by atoms with Gasteiger partial charge in [-0.1, -0.05) is 234 Å². The van der Waals surface area contributed by atoms with Crippen molar-refractivity contribution in [1.29, 1.82) is 0 Å². The van der Waals surface area contributed by atoms with Gasteiger partial charge in [-0.05, 0) is 50.7 Å². The maximum Gasteiger partial charge on any atom is 0.174 e. The van der Waals surface area contributed by atoms with E-state index in [0.717, 1.165) is 193 Å². The molecule has 0 radical (unpaired) electrons. The highest BCUT2D eigenvalue weighted by Crippen LogP contribution is 2.58. The summed E-state index contributed by atoms with van der Waals surface area (Å²) in [4.78, 5) is 24.7. The fourth-order valence-electron chi connectivity index (χ4n) is 13.5. The molecule has 11 rings (SSSR count). The maximum absolute atomic E-state index is 7.26. The Balaban J connectivity index is 1.01. The minimum Gasteiger partial charge on any atom is -0.491 e. The van der Waals surface area contributed by atoms with E-state index in [1.165, 1.54) is 178 Å². The SMILES string of the molecule is CCCCCCCCOc1c(OCCCCCCCC)c(-c2ncc(-c3cc4c(OCCCCCCCC)c5sc(-c6cnc(-c7c(OCCCCCCCC)c(OCCCCCCCC)c(-c8nccs8)c8nsnc78)s6)cc5c(OCCCCCCCC)c4s3)s2)c2nsnc2c1-c1nccs1. The van der Waals surface area contributed by atoms with Crippen molar-refractivity contribution in [3.63, 3.8) is 0 Å². The van der Waals surface area contributed by atoms with E-state index in [2.05, 4.69) is 53.7 Å². The second-order valence-electron chi connectivity index (χ2n) is 27.5. The number of rotatable bonds is 54. The highest BCUT2D eigenvalue weighted by Gasteiger charge is 2.33. The van der Waals surface area contributed by atoms with E-state index in [0.29, 0.717) is 62.6 Å². The van der Waals surface area contributed by atoms with Gasteiger partial charge in [-0.25, -0.2) is 19.9 Å². The van der Waals surface area contributed by atoms with Crippen LogP contribution >= 0.6 is 91.5 Å². The van der Waals surface area contributed by atoms with Gasteiger partial charge < -0.3 is 28.4 Å². The number of aromatic nitrogens is 8. The predicted octanol–water partition coefficient (Wildman–Crippen LogP) is 28.4. The van der Waals surface area contributed by atoms with Crippen LogP contribution < -0.4 is 28.4 Å². The molecule has 562 valence electrons. The summed E-state index contributed by atoms with van der Waals surface area (Å²) < 4.78 is 65.1. The monoisotopic (exact) mass is 1560 g/mol. The highest BCUT2D eigenvalue weighted by atomic mass is 32.1. The number of ether oxygens (including phenoxy) is 6. The smallest absolute Gasteiger partial charge is 0.174 e. The summed E-state index contributed by atoms with van der Waals surface area (Å²) in [7, 11) is 0. The lowest BCUT2D eigenvalue weighted by Gasteiger charge is -2.19. The molecule has 3 aromatic carbocycles. The Morgan fingerprint density at radius 2 is 0.529 bits per heavy atom. The summed E-state index contributed by atoms with van der Waals surface area (Å²) in [5.74, 6) is 4.54. The molecule has 0 N–H and O–H groups in total. The van der Waals surface area contributed by atoms with E-state index in [9.17, 15) is 0 Å². The van der Waals surface area contributed by atoms with Gasteiger partial charge in [-0.3, -0.25) is 0 Å².